The van der Waals surface area contributed by atoms with Crippen molar-refractivity contribution in [3.63, 3.8) is 0 Å². The predicted molar refractivity (Wildman–Crippen MR) is 66.7 cm³/mol. The van der Waals surface area contributed by atoms with Gasteiger partial charge < -0.3 is 9.47 Å². The van der Waals surface area contributed by atoms with Gasteiger partial charge in [0.05, 0.1) is 30.4 Å². The molecule has 5 heteroatoms. The topological polar surface area (TPSA) is 55.8 Å². The molecule has 3 rings (SSSR count). The van der Waals surface area contributed by atoms with Gasteiger partial charge in [-0.15, -0.1) is 0 Å². The Labute approximate surface area is 111 Å². The van der Waals surface area contributed by atoms with E-state index < -0.39 is 5.79 Å². The molecular weight excluding hydrogens is 246 g/mol. The van der Waals surface area contributed by atoms with Crippen molar-refractivity contribution >= 4 is 11.8 Å². The summed E-state index contributed by atoms with van der Waals surface area (Å²) >= 11 is 0. The van der Waals surface area contributed by atoms with E-state index in [2.05, 4.69) is 0 Å². The summed E-state index contributed by atoms with van der Waals surface area (Å²) in [4.78, 5) is 25.8. The van der Waals surface area contributed by atoms with E-state index in [0.29, 0.717) is 24.3 Å². The van der Waals surface area contributed by atoms with E-state index in [4.69, 9.17) is 9.47 Å². The normalized spacial score (nSPS) is 22.7. The zero-order chi connectivity index (χ0) is 13.6. The maximum Gasteiger partial charge on any atom is 0.261 e. The zero-order valence-electron chi connectivity index (χ0n) is 10.9. The first kappa shape index (κ1) is 12.3. The quantitative estimate of drug-likeness (QED) is 0.718. The molecule has 0 bridgehead atoms. The third-order valence-corrected chi connectivity index (χ3v) is 3.44. The highest BCUT2D eigenvalue weighted by molar-refractivity contribution is 6.21. The highest BCUT2D eigenvalue weighted by Gasteiger charge is 2.42. The first-order valence-electron chi connectivity index (χ1n) is 6.24. The molecule has 1 saturated heterocycles. The molecule has 0 radical (unpaired) electrons. The van der Waals surface area contributed by atoms with Crippen molar-refractivity contribution in [1.82, 2.24) is 4.90 Å². The van der Waals surface area contributed by atoms with Crippen LogP contribution in [0.3, 0.4) is 0 Å². The Hall–Kier alpha value is -1.72. The van der Waals surface area contributed by atoms with Crippen LogP contribution in [-0.4, -0.2) is 41.8 Å². The number of benzene rings is 1. The third-order valence-electron chi connectivity index (χ3n) is 3.44. The van der Waals surface area contributed by atoms with Gasteiger partial charge in [-0.3, -0.25) is 14.5 Å². The molecule has 0 N–H and O–H groups in total. The van der Waals surface area contributed by atoms with E-state index in [9.17, 15) is 9.59 Å². The molecule has 0 aromatic heterocycles. The van der Waals surface area contributed by atoms with Gasteiger partial charge in [0.1, 0.15) is 0 Å². The minimum Gasteiger partial charge on any atom is -0.348 e. The highest BCUT2D eigenvalue weighted by Crippen LogP contribution is 2.28. The van der Waals surface area contributed by atoms with Gasteiger partial charge in [0, 0.05) is 0 Å². The number of ether oxygens (including phenoxy) is 2. The Morgan fingerprint density at radius 2 is 1.53 bits per heavy atom. The van der Waals surface area contributed by atoms with Gasteiger partial charge >= 0.3 is 0 Å². The molecule has 19 heavy (non-hydrogen) atoms. The van der Waals surface area contributed by atoms with E-state index in [1.807, 2.05) is 13.8 Å². The lowest BCUT2D eigenvalue weighted by Gasteiger charge is -2.37. The molecule has 1 fully saturated rings. The summed E-state index contributed by atoms with van der Waals surface area (Å²) in [7, 11) is 0. The Balaban J connectivity index is 1.85. The average molecular weight is 261 g/mol. The van der Waals surface area contributed by atoms with Crippen LogP contribution in [0.1, 0.15) is 34.6 Å². The van der Waals surface area contributed by atoms with Crippen LogP contribution in [0.25, 0.3) is 0 Å². The van der Waals surface area contributed by atoms with Gasteiger partial charge in [0.25, 0.3) is 11.8 Å². The van der Waals surface area contributed by atoms with E-state index in [1.165, 1.54) is 4.90 Å². The van der Waals surface area contributed by atoms with Gasteiger partial charge in [0.15, 0.2) is 5.79 Å². The number of nitrogens with zero attached hydrogens (tertiary/aromatic N) is 1. The fourth-order valence-electron chi connectivity index (χ4n) is 2.37. The summed E-state index contributed by atoms with van der Waals surface area (Å²) in [5.74, 6) is -1.19. The Kier molecular flexibility index (Phi) is 2.69. The van der Waals surface area contributed by atoms with Crippen molar-refractivity contribution in [1.29, 1.82) is 0 Å². The maximum absolute atomic E-state index is 12.3. The van der Waals surface area contributed by atoms with Crippen LogP contribution in [0.4, 0.5) is 0 Å². The number of amides is 2. The lowest BCUT2D eigenvalue weighted by atomic mass is 10.1. The highest BCUT2D eigenvalue weighted by atomic mass is 16.7. The summed E-state index contributed by atoms with van der Waals surface area (Å²) in [5, 5.41) is 0. The second-order valence-corrected chi connectivity index (χ2v) is 5.20. The zero-order valence-corrected chi connectivity index (χ0v) is 10.9. The molecule has 2 heterocycles. The number of imide groups is 1. The summed E-state index contributed by atoms with van der Waals surface area (Å²) in [6.07, 6.45) is 0. The maximum atomic E-state index is 12.3. The fourth-order valence-corrected chi connectivity index (χ4v) is 2.37. The summed E-state index contributed by atoms with van der Waals surface area (Å²) in [6.45, 7) is 4.23. The fraction of sp³-hybridized carbons (Fsp3) is 0.429. The van der Waals surface area contributed by atoms with Crippen LogP contribution in [0.15, 0.2) is 24.3 Å². The molecule has 1 aromatic rings. The second-order valence-electron chi connectivity index (χ2n) is 5.20. The number of carbonyl (C=O) groups excluding carboxylic acids is 2. The van der Waals surface area contributed by atoms with Crippen molar-refractivity contribution < 1.29 is 19.1 Å². The standard InChI is InChI=1S/C14H15NO4/c1-14(2)18-7-9(8-19-14)15-12(16)10-5-3-4-6-11(10)13(15)17/h3-6,9H,7-8H2,1-2H3. The first-order chi connectivity index (χ1) is 8.99. The SMILES string of the molecule is CC1(C)OCC(N2C(=O)c3ccccc3C2=O)CO1. The van der Waals surface area contributed by atoms with Gasteiger partial charge in [-0.05, 0) is 26.0 Å². The van der Waals surface area contributed by atoms with Crippen molar-refractivity contribution in [2.45, 2.75) is 25.7 Å². The lowest BCUT2D eigenvalue weighted by molar-refractivity contribution is -0.258. The monoisotopic (exact) mass is 261 g/mol. The molecule has 0 aliphatic carbocycles. The molecule has 2 aliphatic rings. The molecule has 2 amide bonds. The molecule has 5 nitrogen and oxygen atoms in total. The van der Waals surface area contributed by atoms with Gasteiger partial charge in [0.2, 0.25) is 0 Å². The van der Waals surface area contributed by atoms with Gasteiger partial charge in [-0.1, -0.05) is 12.1 Å². The molecule has 100 valence electrons. The van der Waals surface area contributed by atoms with Crippen LogP contribution >= 0.6 is 0 Å². The molecule has 0 unspecified atom stereocenters. The molecule has 0 atom stereocenters. The Bertz CT molecular complexity index is 507. The van der Waals surface area contributed by atoms with Crippen molar-refractivity contribution in [3.8, 4) is 0 Å². The average Bonchev–Trinajstić information content (AvgIpc) is 2.64. The van der Waals surface area contributed by atoms with Crippen molar-refractivity contribution in [3.05, 3.63) is 35.4 Å². The number of carbonyl (C=O) groups is 2. The summed E-state index contributed by atoms with van der Waals surface area (Å²) in [5.41, 5.74) is 0.912. The molecule has 2 aliphatic heterocycles. The summed E-state index contributed by atoms with van der Waals surface area (Å²) in [6, 6.07) is 6.49. The second kappa shape index (κ2) is 4.15. The molecule has 0 saturated carbocycles. The third kappa shape index (κ3) is 1.95. The number of rotatable bonds is 1. The van der Waals surface area contributed by atoms with E-state index in [-0.39, 0.29) is 17.9 Å². The largest absolute Gasteiger partial charge is 0.348 e. The number of hydrogen-bond donors (Lipinski definition) is 0. The number of fused-ring (bicyclic) bond motifs is 1. The minimum atomic E-state index is -0.658. The van der Waals surface area contributed by atoms with Gasteiger partial charge in [-0.2, -0.15) is 0 Å². The summed E-state index contributed by atoms with van der Waals surface area (Å²) < 4.78 is 11.0. The Morgan fingerprint density at radius 1 is 1.05 bits per heavy atom. The van der Waals surface area contributed by atoms with Crippen LogP contribution in [0.2, 0.25) is 0 Å². The molecule has 0 spiro atoms. The van der Waals surface area contributed by atoms with E-state index >= 15 is 0 Å². The first-order valence-corrected chi connectivity index (χ1v) is 6.24. The van der Waals surface area contributed by atoms with E-state index in [0.717, 1.165) is 0 Å². The van der Waals surface area contributed by atoms with Crippen molar-refractivity contribution in [2.24, 2.45) is 0 Å². The smallest absolute Gasteiger partial charge is 0.261 e. The van der Waals surface area contributed by atoms with Crippen LogP contribution in [-0.2, 0) is 9.47 Å². The van der Waals surface area contributed by atoms with Crippen LogP contribution in [0.5, 0.6) is 0 Å². The van der Waals surface area contributed by atoms with Gasteiger partial charge in [-0.25, -0.2) is 0 Å². The minimum absolute atomic E-state index is 0.266. The van der Waals surface area contributed by atoms with E-state index in [1.54, 1.807) is 24.3 Å². The lowest BCUT2D eigenvalue weighted by Crippen LogP contribution is -2.52. The molecule has 1 aromatic carbocycles. The number of hydrogen-bond acceptors (Lipinski definition) is 4. The molecular formula is C14H15NO4. The van der Waals surface area contributed by atoms with Crippen LogP contribution in [0, 0.1) is 0 Å². The van der Waals surface area contributed by atoms with Crippen LogP contribution < -0.4 is 0 Å². The Morgan fingerprint density at radius 3 is 2.00 bits per heavy atom. The van der Waals surface area contributed by atoms with Crippen molar-refractivity contribution in [2.75, 3.05) is 13.2 Å². The predicted octanol–water partition coefficient (Wildman–Crippen LogP) is 1.43.